The molecule has 1 heterocycles. The average Bonchev–Trinajstić information content (AvgIpc) is 2.56. The number of piperidine rings is 1. The van der Waals surface area contributed by atoms with Gasteiger partial charge in [0, 0.05) is 26.2 Å². The van der Waals surface area contributed by atoms with E-state index in [4.69, 9.17) is 5.11 Å². The second kappa shape index (κ2) is 8.88. The highest BCUT2D eigenvalue weighted by atomic mass is 16.3. The van der Waals surface area contributed by atoms with E-state index in [9.17, 15) is 9.90 Å². The summed E-state index contributed by atoms with van der Waals surface area (Å²) in [5, 5.41) is 21.1. The van der Waals surface area contributed by atoms with E-state index in [0.717, 1.165) is 43.6 Å². The van der Waals surface area contributed by atoms with Gasteiger partial charge in [0.1, 0.15) is 0 Å². The maximum absolute atomic E-state index is 11.9. The number of carbonyl (C=O) groups is 1. The molecule has 0 saturated carbocycles. The monoisotopic (exact) mass is 306 g/mol. The number of aliphatic hydroxyl groups is 2. The van der Waals surface area contributed by atoms with Gasteiger partial charge >= 0.3 is 0 Å². The first-order valence-corrected chi connectivity index (χ1v) is 8.00. The van der Waals surface area contributed by atoms with Gasteiger partial charge in [0.05, 0.1) is 13.0 Å². The van der Waals surface area contributed by atoms with Crippen molar-refractivity contribution >= 4 is 5.91 Å². The molecule has 1 aliphatic heterocycles. The van der Waals surface area contributed by atoms with Crippen LogP contribution in [0.4, 0.5) is 0 Å². The predicted octanol–water partition coefficient (Wildman–Crippen LogP) is 0.542. The predicted molar refractivity (Wildman–Crippen MR) is 85.3 cm³/mol. The number of nitrogens with zero attached hydrogens (tertiary/aromatic N) is 1. The van der Waals surface area contributed by atoms with Crippen molar-refractivity contribution in [2.45, 2.75) is 25.9 Å². The van der Waals surface area contributed by atoms with Crippen molar-refractivity contribution in [1.29, 1.82) is 0 Å². The third kappa shape index (κ3) is 5.40. The Labute approximate surface area is 131 Å². The van der Waals surface area contributed by atoms with Crippen LogP contribution < -0.4 is 5.32 Å². The van der Waals surface area contributed by atoms with Crippen LogP contribution in [0.15, 0.2) is 24.3 Å². The lowest BCUT2D eigenvalue weighted by atomic mass is 9.99. The average molecular weight is 306 g/mol. The third-order valence-electron chi connectivity index (χ3n) is 4.18. The Morgan fingerprint density at radius 3 is 2.64 bits per heavy atom. The largest absolute Gasteiger partial charge is 0.396 e. The van der Waals surface area contributed by atoms with Gasteiger partial charge in [0.25, 0.3) is 0 Å². The molecule has 1 amide bonds. The van der Waals surface area contributed by atoms with Crippen LogP contribution in [-0.4, -0.2) is 53.8 Å². The molecule has 1 atom stereocenters. The van der Waals surface area contributed by atoms with E-state index in [1.807, 2.05) is 24.3 Å². The number of carbonyl (C=O) groups excluding carboxylic acids is 1. The van der Waals surface area contributed by atoms with Gasteiger partial charge < -0.3 is 20.4 Å². The fraction of sp³-hybridized carbons (Fsp3) is 0.588. The van der Waals surface area contributed by atoms with Crippen LogP contribution in [0.25, 0.3) is 0 Å². The maximum Gasteiger partial charge on any atom is 0.224 e. The first-order chi connectivity index (χ1) is 10.7. The Kier molecular flexibility index (Phi) is 6.83. The van der Waals surface area contributed by atoms with Crippen LogP contribution >= 0.6 is 0 Å². The van der Waals surface area contributed by atoms with E-state index in [1.54, 1.807) is 0 Å². The SMILES string of the molecule is O=C(Cc1ccc(CO)cc1)NCCN1CCCC(CO)C1. The van der Waals surface area contributed by atoms with Gasteiger partial charge in [-0.2, -0.15) is 0 Å². The Morgan fingerprint density at radius 1 is 1.23 bits per heavy atom. The molecule has 0 bridgehead atoms. The van der Waals surface area contributed by atoms with Crippen molar-refractivity contribution in [3.05, 3.63) is 35.4 Å². The molecule has 22 heavy (non-hydrogen) atoms. The number of likely N-dealkylation sites (tertiary alicyclic amines) is 1. The van der Waals surface area contributed by atoms with Crippen LogP contribution in [0.2, 0.25) is 0 Å². The topological polar surface area (TPSA) is 72.8 Å². The highest BCUT2D eigenvalue weighted by molar-refractivity contribution is 5.78. The summed E-state index contributed by atoms with van der Waals surface area (Å²) in [5.41, 5.74) is 1.81. The number of aliphatic hydroxyl groups excluding tert-OH is 2. The highest BCUT2D eigenvalue weighted by Gasteiger charge is 2.18. The zero-order chi connectivity index (χ0) is 15.8. The van der Waals surface area contributed by atoms with Crippen LogP contribution in [-0.2, 0) is 17.8 Å². The molecule has 0 aromatic heterocycles. The lowest BCUT2D eigenvalue weighted by molar-refractivity contribution is -0.120. The summed E-state index contributed by atoms with van der Waals surface area (Å²) in [6.45, 7) is 3.74. The third-order valence-corrected chi connectivity index (χ3v) is 4.18. The molecule has 0 spiro atoms. The number of hydrogen-bond acceptors (Lipinski definition) is 4. The maximum atomic E-state index is 11.9. The molecule has 1 saturated heterocycles. The lowest BCUT2D eigenvalue weighted by Gasteiger charge is -2.31. The van der Waals surface area contributed by atoms with Gasteiger partial charge in [-0.05, 0) is 36.4 Å². The molecule has 5 nitrogen and oxygen atoms in total. The first-order valence-electron chi connectivity index (χ1n) is 8.00. The summed E-state index contributed by atoms with van der Waals surface area (Å²) < 4.78 is 0. The Morgan fingerprint density at radius 2 is 1.95 bits per heavy atom. The zero-order valence-electron chi connectivity index (χ0n) is 13.0. The molecule has 3 N–H and O–H groups in total. The van der Waals surface area contributed by atoms with Crippen LogP contribution in [0.1, 0.15) is 24.0 Å². The van der Waals surface area contributed by atoms with Crippen molar-refractivity contribution in [1.82, 2.24) is 10.2 Å². The molecule has 0 radical (unpaired) electrons. The second-order valence-corrected chi connectivity index (χ2v) is 5.99. The van der Waals surface area contributed by atoms with E-state index in [2.05, 4.69) is 10.2 Å². The van der Waals surface area contributed by atoms with Gasteiger partial charge in [-0.1, -0.05) is 24.3 Å². The van der Waals surface area contributed by atoms with E-state index < -0.39 is 0 Å². The summed E-state index contributed by atoms with van der Waals surface area (Å²) in [6, 6.07) is 7.43. The van der Waals surface area contributed by atoms with Crippen molar-refractivity contribution in [2.24, 2.45) is 5.92 Å². The summed E-state index contributed by atoms with van der Waals surface area (Å²) in [5.74, 6) is 0.405. The number of amides is 1. The Hall–Kier alpha value is -1.43. The van der Waals surface area contributed by atoms with Gasteiger partial charge in [-0.3, -0.25) is 4.79 Å². The lowest BCUT2D eigenvalue weighted by Crippen LogP contribution is -2.41. The quantitative estimate of drug-likeness (QED) is 0.687. The molecule has 1 unspecified atom stereocenters. The summed E-state index contributed by atoms with van der Waals surface area (Å²) >= 11 is 0. The highest BCUT2D eigenvalue weighted by Crippen LogP contribution is 2.14. The summed E-state index contributed by atoms with van der Waals surface area (Å²) in [6.07, 6.45) is 2.59. The van der Waals surface area contributed by atoms with Crippen molar-refractivity contribution in [3.8, 4) is 0 Å². The van der Waals surface area contributed by atoms with E-state index in [0.29, 0.717) is 18.9 Å². The minimum atomic E-state index is 0.0208. The molecular weight excluding hydrogens is 280 g/mol. The minimum absolute atomic E-state index is 0.0208. The van der Waals surface area contributed by atoms with Gasteiger partial charge in [0.15, 0.2) is 0 Å². The number of rotatable bonds is 7. The molecule has 5 heteroatoms. The summed E-state index contributed by atoms with van der Waals surface area (Å²) in [4.78, 5) is 14.2. The van der Waals surface area contributed by atoms with Crippen molar-refractivity contribution < 1.29 is 15.0 Å². The van der Waals surface area contributed by atoms with E-state index >= 15 is 0 Å². The molecular formula is C17H26N2O3. The Bertz CT molecular complexity index is 461. The molecule has 1 fully saturated rings. The number of hydrogen-bond donors (Lipinski definition) is 3. The molecule has 1 aromatic carbocycles. The van der Waals surface area contributed by atoms with Crippen molar-refractivity contribution in [2.75, 3.05) is 32.8 Å². The van der Waals surface area contributed by atoms with Crippen LogP contribution in [0.3, 0.4) is 0 Å². The second-order valence-electron chi connectivity index (χ2n) is 5.99. The zero-order valence-corrected chi connectivity index (χ0v) is 13.0. The molecule has 0 aliphatic carbocycles. The normalized spacial score (nSPS) is 19.1. The number of nitrogens with one attached hydrogen (secondary N) is 1. The van der Waals surface area contributed by atoms with Crippen molar-refractivity contribution in [3.63, 3.8) is 0 Å². The fourth-order valence-electron chi connectivity index (χ4n) is 2.87. The molecule has 122 valence electrons. The number of benzene rings is 1. The molecule has 2 rings (SSSR count). The molecule has 1 aromatic rings. The Balaban J connectivity index is 1.66. The standard InChI is InChI=1S/C17H26N2O3/c20-12-15-5-3-14(4-6-15)10-17(22)18-7-9-19-8-1-2-16(11-19)13-21/h3-6,16,20-21H,1-2,7-13H2,(H,18,22). The first kappa shape index (κ1) is 16.9. The van der Waals surface area contributed by atoms with Gasteiger partial charge in [0.2, 0.25) is 5.91 Å². The van der Waals surface area contributed by atoms with Crippen LogP contribution in [0.5, 0.6) is 0 Å². The van der Waals surface area contributed by atoms with Crippen LogP contribution in [0, 0.1) is 5.92 Å². The minimum Gasteiger partial charge on any atom is -0.396 e. The smallest absolute Gasteiger partial charge is 0.224 e. The molecule has 1 aliphatic rings. The van der Waals surface area contributed by atoms with Gasteiger partial charge in [-0.15, -0.1) is 0 Å². The van der Waals surface area contributed by atoms with Gasteiger partial charge in [-0.25, -0.2) is 0 Å². The van der Waals surface area contributed by atoms with E-state index in [1.165, 1.54) is 0 Å². The summed E-state index contributed by atoms with van der Waals surface area (Å²) in [7, 11) is 0. The van der Waals surface area contributed by atoms with E-state index in [-0.39, 0.29) is 19.1 Å². The fourth-order valence-corrected chi connectivity index (χ4v) is 2.87.